The number of ether oxygens (including phenoxy) is 1. The van der Waals surface area contributed by atoms with Gasteiger partial charge in [0.2, 0.25) is 5.91 Å². The van der Waals surface area contributed by atoms with Crippen LogP contribution in [-0.2, 0) is 22.4 Å². The molecule has 0 spiro atoms. The van der Waals surface area contributed by atoms with E-state index in [2.05, 4.69) is 34.3 Å². The van der Waals surface area contributed by atoms with Crippen molar-refractivity contribution in [2.45, 2.75) is 46.1 Å². The van der Waals surface area contributed by atoms with E-state index in [0.29, 0.717) is 42.8 Å². The van der Waals surface area contributed by atoms with Crippen molar-refractivity contribution in [1.82, 2.24) is 20.0 Å². The molecule has 3 rings (SSSR count). The summed E-state index contributed by atoms with van der Waals surface area (Å²) in [5.41, 5.74) is 7.92. The van der Waals surface area contributed by atoms with Crippen molar-refractivity contribution in [2.75, 3.05) is 65.5 Å². The summed E-state index contributed by atoms with van der Waals surface area (Å²) in [6.45, 7) is 8.30. The zero-order valence-corrected chi connectivity index (χ0v) is 23.5. The summed E-state index contributed by atoms with van der Waals surface area (Å²) in [4.78, 5) is 45.1. The van der Waals surface area contributed by atoms with Crippen LogP contribution in [0.5, 0.6) is 0 Å². The molecule has 202 valence electrons. The molecule has 1 fully saturated rings. The van der Waals surface area contributed by atoms with Crippen LogP contribution in [0.25, 0.3) is 0 Å². The van der Waals surface area contributed by atoms with Crippen LogP contribution in [0.15, 0.2) is 0 Å². The lowest BCUT2D eigenvalue weighted by molar-refractivity contribution is -0.135. The number of rotatable bonds is 7. The molecule has 2 aliphatic rings. The van der Waals surface area contributed by atoms with Gasteiger partial charge in [0.15, 0.2) is 0 Å². The van der Waals surface area contributed by atoms with Crippen LogP contribution in [-0.4, -0.2) is 93.2 Å². The number of amides is 4. The molecular formula is C25H42N6O4S. The van der Waals surface area contributed by atoms with E-state index < -0.39 is 6.09 Å². The first-order chi connectivity index (χ1) is 16.9. The number of nitrogen functional groups attached to an aromatic ring is 1. The highest BCUT2D eigenvalue weighted by molar-refractivity contribution is 7.17. The molecule has 36 heavy (non-hydrogen) atoms. The first kappa shape index (κ1) is 28.2. The average Bonchev–Trinajstić information content (AvgIpc) is 3.10. The predicted molar refractivity (Wildman–Crippen MR) is 143 cm³/mol. The number of hydrogen-bond donors (Lipinski definition) is 3. The van der Waals surface area contributed by atoms with Crippen LogP contribution in [0, 0.1) is 17.3 Å². The summed E-state index contributed by atoms with van der Waals surface area (Å²) in [5.74, 6) is -0.137. The van der Waals surface area contributed by atoms with Gasteiger partial charge in [0.25, 0.3) is 0 Å². The molecule has 0 radical (unpaired) electrons. The molecule has 4 N–H and O–H groups in total. The van der Waals surface area contributed by atoms with E-state index >= 15 is 0 Å². The number of imide groups is 1. The fraction of sp³-hybridized carbons (Fsp3) is 0.720. The van der Waals surface area contributed by atoms with Crippen LogP contribution in [0.3, 0.4) is 0 Å². The Hall–Kier alpha value is -2.37. The summed E-state index contributed by atoms with van der Waals surface area (Å²) < 4.78 is 4.71. The SMILES string of the molecule is CCN(C(=O)NCC(C)(C)CN(C)C)C(=O)[C@@H]1C[C@@H]2Cc3c(sc(NC(=O)OC)c3N)C[C@H]2N(C)C1. The molecule has 0 unspecified atom stereocenters. The van der Waals surface area contributed by atoms with E-state index in [1.807, 2.05) is 28.1 Å². The highest BCUT2D eigenvalue weighted by Crippen LogP contribution is 2.45. The maximum Gasteiger partial charge on any atom is 0.412 e. The Morgan fingerprint density at radius 2 is 1.94 bits per heavy atom. The van der Waals surface area contributed by atoms with Gasteiger partial charge >= 0.3 is 12.1 Å². The van der Waals surface area contributed by atoms with Crippen molar-refractivity contribution in [1.29, 1.82) is 0 Å². The number of hydrogen-bond acceptors (Lipinski definition) is 8. The van der Waals surface area contributed by atoms with Gasteiger partial charge in [-0.3, -0.25) is 15.0 Å². The van der Waals surface area contributed by atoms with Gasteiger partial charge < -0.3 is 25.6 Å². The van der Waals surface area contributed by atoms with Crippen LogP contribution >= 0.6 is 11.3 Å². The normalized spacial score (nSPS) is 21.9. The number of carbonyl (C=O) groups is 3. The number of urea groups is 1. The van der Waals surface area contributed by atoms with Gasteiger partial charge in [-0.2, -0.15) is 0 Å². The third-order valence-corrected chi connectivity index (χ3v) is 8.42. The third kappa shape index (κ3) is 6.30. The zero-order chi connectivity index (χ0) is 26.8. The number of likely N-dealkylation sites (N-methyl/N-ethyl adjacent to an activating group) is 1. The molecule has 4 amide bonds. The Bertz CT molecular complexity index is 978. The summed E-state index contributed by atoms with van der Waals surface area (Å²) in [7, 11) is 7.39. The van der Waals surface area contributed by atoms with Gasteiger partial charge in [-0.1, -0.05) is 13.8 Å². The van der Waals surface area contributed by atoms with Crippen LogP contribution in [0.2, 0.25) is 0 Å². The lowest BCUT2D eigenvalue weighted by Crippen LogP contribution is -2.55. The largest absolute Gasteiger partial charge is 0.453 e. The number of methoxy groups -OCH3 is 1. The van der Waals surface area contributed by atoms with Gasteiger partial charge in [-0.25, -0.2) is 9.59 Å². The molecule has 1 aromatic rings. The number of thiophene rings is 1. The first-order valence-electron chi connectivity index (χ1n) is 12.6. The number of carbonyl (C=O) groups excluding carboxylic acids is 3. The lowest BCUT2D eigenvalue weighted by atomic mass is 9.74. The molecule has 1 aromatic heterocycles. The fourth-order valence-corrected chi connectivity index (χ4v) is 6.89. The number of nitrogens with two attached hydrogens (primary N) is 1. The number of likely N-dealkylation sites (tertiary alicyclic amines) is 1. The standard InChI is InChI=1S/C25H42N6O4S/c1-8-31(23(33)27-13-25(2,3)14-29(4)5)22(32)16-9-15-10-17-19(11-18(15)30(6)12-16)36-21(20(17)26)28-24(34)35-7/h15-16,18H,8-14,26H2,1-7H3,(H,27,33)(H,28,34)/t15-,16-,18-/m1/s1. The minimum atomic E-state index is -0.538. The van der Waals surface area contributed by atoms with Crippen molar-refractivity contribution in [3.8, 4) is 0 Å². The number of nitrogens with zero attached hydrogens (tertiary/aromatic N) is 3. The molecule has 0 saturated carbocycles. The molecule has 1 aliphatic carbocycles. The number of anilines is 2. The van der Waals surface area contributed by atoms with Crippen molar-refractivity contribution >= 4 is 40.1 Å². The molecular weight excluding hydrogens is 480 g/mol. The Labute approximate surface area is 218 Å². The molecule has 2 heterocycles. The molecule has 10 nitrogen and oxygen atoms in total. The summed E-state index contributed by atoms with van der Waals surface area (Å²) in [6.07, 6.45) is 1.74. The Morgan fingerprint density at radius 3 is 2.56 bits per heavy atom. The topological polar surface area (TPSA) is 120 Å². The Morgan fingerprint density at radius 1 is 1.25 bits per heavy atom. The maximum atomic E-state index is 13.5. The monoisotopic (exact) mass is 522 g/mol. The lowest BCUT2D eigenvalue weighted by Gasteiger charge is -2.45. The van der Waals surface area contributed by atoms with Gasteiger partial charge in [-0.05, 0) is 64.2 Å². The smallest absolute Gasteiger partial charge is 0.412 e. The summed E-state index contributed by atoms with van der Waals surface area (Å²) in [5, 5.41) is 6.31. The summed E-state index contributed by atoms with van der Waals surface area (Å²) in [6, 6.07) is -0.0352. The number of piperidine rings is 1. The predicted octanol–water partition coefficient (Wildman–Crippen LogP) is 2.69. The number of nitrogens with one attached hydrogen (secondary N) is 2. The fourth-order valence-electron chi connectivity index (χ4n) is 5.71. The van der Waals surface area contributed by atoms with E-state index in [4.69, 9.17) is 10.5 Å². The second-order valence-corrected chi connectivity index (χ2v) is 12.2. The van der Waals surface area contributed by atoms with Gasteiger partial charge in [-0.15, -0.1) is 11.3 Å². The quantitative estimate of drug-likeness (QED) is 0.504. The second kappa shape index (κ2) is 11.4. The second-order valence-electron chi connectivity index (χ2n) is 11.1. The Balaban J connectivity index is 1.68. The van der Waals surface area contributed by atoms with Crippen molar-refractivity contribution in [3.63, 3.8) is 0 Å². The van der Waals surface area contributed by atoms with Crippen LogP contribution in [0.4, 0.5) is 20.3 Å². The number of fused-ring (bicyclic) bond motifs is 2. The molecule has 0 bridgehead atoms. The molecule has 1 saturated heterocycles. The van der Waals surface area contributed by atoms with Gasteiger partial charge in [0.05, 0.1) is 18.7 Å². The maximum absolute atomic E-state index is 13.5. The Kier molecular flexibility index (Phi) is 8.89. The van der Waals surface area contributed by atoms with Crippen molar-refractivity contribution < 1.29 is 19.1 Å². The average molecular weight is 523 g/mol. The molecule has 0 aromatic carbocycles. The van der Waals surface area contributed by atoms with E-state index in [1.54, 1.807) is 0 Å². The minimum Gasteiger partial charge on any atom is -0.453 e. The minimum absolute atomic E-state index is 0.109. The first-order valence-corrected chi connectivity index (χ1v) is 13.4. The molecule has 1 aliphatic heterocycles. The van der Waals surface area contributed by atoms with E-state index in [9.17, 15) is 14.4 Å². The zero-order valence-electron chi connectivity index (χ0n) is 22.6. The summed E-state index contributed by atoms with van der Waals surface area (Å²) >= 11 is 1.50. The molecule has 11 heteroatoms. The van der Waals surface area contributed by atoms with E-state index in [1.165, 1.54) is 28.2 Å². The van der Waals surface area contributed by atoms with Crippen molar-refractivity contribution in [2.24, 2.45) is 17.3 Å². The highest BCUT2D eigenvalue weighted by atomic mass is 32.1. The van der Waals surface area contributed by atoms with E-state index in [0.717, 1.165) is 24.9 Å². The van der Waals surface area contributed by atoms with Crippen LogP contribution in [0.1, 0.15) is 37.6 Å². The van der Waals surface area contributed by atoms with Crippen LogP contribution < -0.4 is 16.4 Å². The molecule has 3 atom stereocenters. The van der Waals surface area contributed by atoms with Gasteiger partial charge in [0.1, 0.15) is 5.00 Å². The highest BCUT2D eigenvalue weighted by Gasteiger charge is 2.43. The van der Waals surface area contributed by atoms with Gasteiger partial charge in [0, 0.05) is 37.1 Å². The van der Waals surface area contributed by atoms with E-state index in [-0.39, 0.29) is 29.2 Å². The van der Waals surface area contributed by atoms with Crippen molar-refractivity contribution in [3.05, 3.63) is 10.4 Å². The third-order valence-electron chi connectivity index (χ3n) is 7.24.